The maximum absolute atomic E-state index is 9.10. The molecule has 4 N–H and O–H groups in total. The molecule has 0 aliphatic carbocycles. The second-order valence-electron chi connectivity index (χ2n) is 2.71. The van der Waals surface area contributed by atoms with E-state index in [1.807, 2.05) is 0 Å². The van der Waals surface area contributed by atoms with E-state index in [0.717, 1.165) is 0 Å². The second kappa shape index (κ2) is 3.04. The SMILES string of the molecule is C[C@H](O)[C@@H]1O[C@@H](O)[C@@H](O)[C@@H]1O. The van der Waals surface area contributed by atoms with E-state index in [-0.39, 0.29) is 0 Å². The summed E-state index contributed by atoms with van der Waals surface area (Å²) < 4.78 is 4.65. The molecular formula is C6H12O5. The van der Waals surface area contributed by atoms with E-state index in [1.165, 1.54) is 6.92 Å². The standard InChI is InChI=1S/C6H12O5/c1-2(7)5-3(8)4(9)6(10)11-5/h2-10H,1H3/t2-,3-,4-,5-,6+/m0/s1. The summed E-state index contributed by atoms with van der Waals surface area (Å²) in [5.74, 6) is 0. The summed E-state index contributed by atoms with van der Waals surface area (Å²) in [6.07, 6.45) is -5.75. The maximum Gasteiger partial charge on any atom is 0.184 e. The summed E-state index contributed by atoms with van der Waals surface area (Å²) in [5, 5.41) is 35.8. The van der Waals surface area contributed by atoms with E-state index < -0.39 is 30.7 Å². The third-order valence-corrected chi connectivity index (χ3v) is 1.75. The average Bonchev–Trinajstić information content (AvgIpc) is 2.17. The molecule has 1 saturated heterocycles. The van der Waals surface area contributed by atoms with E-state index in [1.54, 1.807) is 0 Å². The zero-order valence-corrected chi connectivity index (χ0v) is 6.08. The molecule has 0 unspecified atom stereocenters. The van der Waals surface area contributed by atoms with Gasteiger partial charge in [0.1, 0.15) is 18.3 Å². The molecule has 0 amide bonds. The first kappa shape index (κ1) is 8.89. The summed E-state index contributed by atoms with van der Waals surface area (Å²) >= 11 is 0. The van der Waals surface area contributed by atoms with Gasteiger partial charge >= 0.3 is 0 Å². The Hall–Kier alpha value is -0.200. The quantitative estimate of drug-likeness (QED) is 0.353. The van der Waals surface area contributed by atoms with Crippen LogP contribution in [0.25, 0.3) is 0 Å². The topological polar surface area (TPSA) is 90.2 Å². The monoisotopic (exact) mass is 164 g/mol. The van der Waals surface area contributed by atoms with Gasteiger partial charge < -0.3 is 25.2 Å². The van der Waals surface area contributed by atoms with Crippen LogP contribution in [0.3, 0.4) is 0 Å². The van der Waals surface area contributed by atoms with Gasteiger partial charge in [-0.3, -0.25) is 0 Å². The molecule has 1 heterocycles. The zero-order chi connectivity index (χ0) is 8.59. The first-order chi connectivity index (χ1) is 5.04. The Morgan fingerprint density at radius 2 is 1.73 bits per heavy atom. The van der Waals surface area contributed by atoms with Crippen molar-refractivity contribution in [3.63, 3.8) is 0 Å². The molecule has 0 saturated carbocycles. The van der Waals surface area contributed by atoms with Gasteiger partial charge in [-0.25, -0.2) is 0 Å². The summed E-state index contributed by atoms with van der Waals surface area (Å²) in [5.41, 5.74) is 0. The van der Waals surface area contributed by atoms with Crippen molar-refractivity contribution in [1.29, 1.82) is 0 Å². The molecule has 1 aliphatic heterocycles. The van der Waals surface area contributed by atoms with E-state index in [9.17, 15) is 0 Å². The molecule has 1 aliphatic rings. The van der Waals surface area contributed by atoms with Crippen LogP contribution in [0.5, 0.6) is 0 Å². The zero-order valence-electron chi connectivity index (χ0n) is 6.08. The summed E-state index contributed by atoms with van der Waals surface area (Å²) in [6, 6.07) is 0. The first-order valence-electron chi connectivity index (χ1n) is 3.41. The minimum Gasteiger partial charge on any atom is -0.391 e. The van der Waals surface area contributed by atoms with Gasteiger partial charge in [0.2, 0.25) is 0 Å². The van der Waals surface area contributed by atoms with Crippen molar-refractivity contribution < 1.29 is 25.2 Å². The molecule has 5 nitrogen and oxygen atoms in total. The third-order valence-electron chi connectivity index (χ3n) is 1.75. The van der Waals surface area contributed by atoms with Crippen molar-refractivity contribution in [2.45, 2.75) is 37.6 Å². The van der Waals surface area contributed by atoms with Crippen molar-refractivity contribution in [1.82, 2.24) is 0 Å². The number of hydrogen-bond acceptors (Lipinski definition) is 5. The summed E-state index contributed by atoms with van der Waals surface area (Å²) in [7, 11) is 0. The Bertz CT molecular complexity index is 137. The fourth-order valence-electron chi connectivity index (χ4n) is 1.08. The minimum absolute atomic E-state index is 0.903. The molecule has 0 aromatic carbocycles. The normalized spacial score (nSPS) is 47.7. The lowest BCUT2D eigenvalue weighted by Gasteiger charge is -2.16. The predicted molar refractivity (Wildman–Crippen MR) is 34.6 cm³/mol. The van der Waals surface area contributed by atoms with Gasteiger partial charge in [-0.15, -0.1) is 0 Å². The molecule has 11 heavy (non-hydrogen) atoms. The molecule has 0 aromatic heterocycles. The fourth-order valence-corrected chi connectivity index (χ4v) is 1.08. The number of aliphatic hydroxyl groups excluding tert-OH is 4. The van der Waals surface area contributed by atoms with Gasteiger partial charge in [-0.2, -0.15) is 0 Å². The van der Waals surface area contributed by atoms with Crippen LogP contribution >= 0.6 is 0 Å². The van der Waals surface area contributed by atoms with Gasteiger partial charge in [0.05, 0.1) is 6.10 Å². The van der Waals surface area contributed by atoms with Crippen molar-refractivity contribution in [3.8, 4) is 0 Å². The second-order valence-corrected chi connectivity index (χ2v) is 2.71. The van der Waals surface area contributed by atoms with Crippen LogP contribution in [0.1, 0.15) is 6.92 Å². The summed E-state index contributed by atoms with van der Waals surface area (Å²) in [4.78, 5) is 0. The molecule has 0 radical (unpaired) electrons. The molecule has 0 aromatic rings. The molecule has 0 bridgehead atoms. The lowest BCUT2D eigenvalue weighted by atomic mass is 10.1. The van der Waals surface area contributed by atoms with Crippen LogP contribution in [0.4, 0.5) is 0 Å². The highest BCUT2D eigenvalue weighted by atomic mass is 16.6. The molecule has 66 valence electrons. The van der Waals surface area contributed by atoms with Gasteiger partial charge in [0.25, 0.3) is 0 Å². The fraction of sp³-hybridized carbons (Fsp3) is 1.00. The number of aliphatic hydroxyl groups is 4. The average molecular weight is 164 g/mol. The van der Waals surface area contributed by atoms with Crippen LogP contribution < -0.4 is 0 Å². The Kier molecular flexibility index (Phi) is 2.46. The van der Waals surface area contributed by atoms with E-state index in [0.29, 0.717) is 0 Å². The Balaban J connectivity index is 2.59. The van der Waals surface area contributed by atoms with E-state index >= 15 is 0 Å². The molecule has 1 fully saturated rings. The largest absolute Gasteiger partial charge is 0.391 e. The smallest absolute Gasteiger partial charge is 0.184 e. The van der Waals surface area contributed by atoms with Crippen molar-refractivity contribution in [3.05, 3.63) is 0 Å². The van der Waals surface area contributed by atoms with Gasteiger partial charge in [0.15, 0.2) is 6.29 Å². The van der Waals surface area contributed by atoms with Crippen molar-refractivity contribution in [2.24, 2.45) is 0 Å². The van der Waals surface area contributed by atoms with Crippen LogP contribution in [0.2, 0.25) is 0 Å². The molecule has 0 spiro atoms. The minimum atomic E-state index is -1.40. The maximum atomic E-state index is 9.10. The summed E-state index contributed by atoms with van der Waals surface area (Å²) in [6.45, 7) is 1.42. The number of hydrogen-bond donors (Lipinski definition) is 4. The third kappa shape index (κ3) is 1.52. The highest BCUT2D eigenvalue weighted by molar-refractivity contribution is 4.88. The van der Waals surface area contributed by atoms with Gasteiger partial charge in [-0.05, 0) is 6.92 Å². The highest BCUT2D eigenvalue weighted by Crippen LogP contribution is 2.21. The molecule has 1 rings (SSSR count). The predicted octanol–water partition coefficient (Wildman–Crippen LogP) is -2.19. The van der Waals surface area contributed by atoms with Gasteiger partial charge in [0, 0.05) is 0 Å². The lowest BCUT2D eigenvalue weighted by Crippen LogP contribution is -2.37. The van der Waals surface area contributed by atoms with Crippen molar-refractivity contribution >= 4 is 0 Å². The van der Waals surface area contributed by atoms with E-state index in [4.69, 9.17) is 20.4 Å². The van der Waals surface area contributed by atoms with Crippen LogP contribution in [-0.4, -0.2) is 51.1 Å². The Morgan fingerprint density at radius 1 is 1.18 bits per heavy atom. The number of ether oxygens (including phenoxy) is 1. The van der Waals surface area contributed by atoms with Gasteiger partial charge in [-0.1, -0.05) is 0 Å². The van der Waals surface area contributed by atoms with E-state index in [2.05, 4.69) is 4.74 Å². The van der Waals surface area contributed by atoms with Crippen molar-refractivity contribution in [2.75, 3.05) is 0 Å². The Morgan fingerprint density at radius 3 is 1.91 bits per heavy atom. The lowest BCUT2D eigenvalue weighted by molar-refractivity contribution is -0.143. The first-order valence-corrected chi connectivity index (χ1v) is 3.41. The van der Waals surface area contributed by atoms with Crippen LogP contribution in [0, 0.1) is 0 Å². The highest BCUT2D eigenvalue weighted by Gasteiger charge is 2.43. The van der Waals surface area contributed by atoms with Crippen LogP contribution in [-0.2, 0) is 4.74 Å². The molecule has 5 heteroatoms. The molecular weight excluding hydrogens is 152 g/mol. The Labute approximate surface area is 63.8 Å². The number of rotatable bonds is 1. The van der Waals surface area contributed by atoms with Crippen LogP contribution in [0.15, 0.2) is 0 Å². The molecule has 5 atom stereocenters.